The molecular formula is C26H31F2NO4. The van der Waals surface area contributed by atoms with Crippen LogP contribution in [-0.4, -0.2) is 48.8 Å². The lowest BCUT2D eigenvalue weighted by atomic mass is 9.80. The van der Waals surface area contributed by atoms with Crippen LogP contribution >= 0.6 is 0 Å². The number of hydrogen-bond donors (Lipinski definition) is 0. The van der Waals surface area contributed by atoms with E-state index >= 15 is 0 Å². The highest BCUT2D eigenvalue weighted by Gasteiger charge is 2.45. The number of amides is 1. The summed E-state index contributed by atoms with van der Waals surface area (Å²) in [5.74, 6) is -0.855. The van der Waals surface area contributed by atoms with Crippen LogP contribution in [0.1, 0.15) is 61.6 Å². The van der Waals surface area contributed by atoms with Gasteiger partial charge in [0.1, 0.15) is 5.82 Å². The summed E-state index contributed by atoms with van der Waals surface area (Å²) < 4.78 is 45.5. The van der Waals surface area contributed by atoms with Crippen LogP contribution in [0, 0.1) is 11.6 Å². The first kappa shape index (κ1) is 23.6. The molecule has 2 fully saturated rings. The molecule has 0 unspecified atom stereocenters. The minimum absolute atomic E-state index is 0.0428. The van der Waals surface area contributed by atoms with Crippen LogP contribution in [-0.2, 0) is 9.47 Å². The zero-order chi connectivity index (χ0) is 23.4. The Morgan fingerprint density at radius 1 is 1.09 bits per heavy atom. The van der Waals surface area contributed by atoms with Crippen molar-refractivity contribution in [1.29, 1.82) is 0 Å². The van der Waals surface area contributed by atoms with E-state index < -0.39 is 11.4 Å². The van der Waals surface area contributed by atoms with Crippen LogP contribution in [0.2, 0.25) is 0 Å². The number of benzene rings is 2. The van der Waals surface area contributed by atoms with Crippen molar-refractivity contribution in [1.82, 2.24) is 4.90 Å². The molecule has 0 aromatic heterocycles. The Kier molecular flexibility index (Phi) is 7.29. The Labute approximate surface area is 193 Å². The molecule has 0 aliphatic carbocycles. The summed E-state index contributed by atoms with van der Waals surface area (Å²) >= 11 is 0. The van der Waals surface area contributed by atoms with Gasteiger partial charge in [-0.05, 0) is 62.6 Å². The van der Waals surface area contributed by atoms with Gasteiger partial charge in [0.25, 0.3) is 5.91 Å². The van der Waals surface area contributed by atoms with Crippen molar-refractivity contribution in [3.63, 3.8) is 0 Å². The van der Waals surface area contributed by atoms with Crippen molar-refractivity contribution in [2.24, 2.45) is 0 Å². The topological polar surface area (TPSA) is 48.0 Å². The predicted octanol–water partition coefficient (Wildman–Crippen LogP) is 5.30. The van der Waals surface area contributed by atoms with Gasteiger partial charge in [-0.1, -0.05) is 12.1 Å². The van der Waals surface area contributed by atoms with Crippen LogP contribution in [0.25, 0.3) is 0 Å². The number of hydrogen-bond acceptors (Lipinski definition) is 4. The zero-order valence-electron chi connectivity index (χ0n) is 19.2. The van der Waals surface area contributed by atoms with Crippen molar-refractivity contribution in [2.45, 2.75) is 57.3 Å². The molecule has 4 rings (SSSR count). The van der Waals surface area contributed by atoms with E-state index in [0.29, 0.717) is 44.7 Å². The van der Waals surface area contributed by atoms with E-state index in [1.165, 1.54) is 24.3 Å². The molecule has 178 valence electrons. The Bertz CT molecular complexity index is 957. The second-order valence-electron chi connectivity index (χ2n) is 8.73. The van der Waals surface area contributed by atoms with E-state index in [4.69, 9.17) is 14.2 Å². The standard InChI is InChI=1S/C26H31F2NO4/c1-3-31-21-16-24(18-5-8-20(27)9-6-18)33-26(17-21)11-13-29(14-12-26)25(30)19-7-10-23(32-4-2)22(28)15-19/h5-10,15,21,24H,3-4,11-14,16-17H2,1-2H3/t21-,24-/m1/s1. The third-order valence-electron chi connectivity index (χ3n) is 6.55. The van der Waals surface area contributed by atoms with Crippen molar-refractivity contribution in [3.8, 4) is 5.75 Å². The molecule has 0 radical (unpaired) electrons. The second-order valence-corrected chi connectivity index (χ2v) is 8.73. The highest BCUT2D eigenvalue weighted by atomic mass is 19.1. The maximum Gasteiger partial charge on any atom is 0.253 e. The number of halogens is 2. The predicted molar refractivity (Wildman–Crippen MR) is 120 cm³/mol. The van der Waals surface area contributed by atoms with Crippen LogP contribution in [0.15, 0.2) is 42.5 Å². The molecule has 2 saturated heterocycles. The molecule has 5 nitrogen and oxygen atoms in total. The number of rotatable bonds is 6. The van der Waals surface area contributed by atoms with Crippen LogP contribution in [0.4, 0.5) is 8.78 Å². The highest BCUT2D eigenvalue weighted by Crippen LogP contribution is 2.44. The fourth-order valence-corrected chi connectivity index (χ4v) is 4.91. The summed E-state index contributed by atoms with van der Waals surface area (Å²) in [5.41, 5.74) is 0.842. The fourth-order valence-electron chi connectivity index (χ4n) is 4.91. The van der Waals surface area contributed by atoms with Crippen LogP contribution in [0.5, 0.6) is 5.75 Å². The SMILES string of the molecule is CCOc1ccc(C(=O)N2CCC3(CC2)C[C@H](OCC)C[C@H](c2ccc(F)cc2)O3)cc1F. The summed E-state index contributed by atoms with van der Waals surface area (Å²) in [5, 5.41) is 0. The van der Waals surface area contributed by atoms with Crippen molar-refractivity contribution >= 4 is 5.91 Å². The fraction of sp³-hybridized carbons (Fsp3) is 0.500. The molecule has 1 spiro atoms. The summed E-state index contributed by atoms with van der Waals surface area (Å²) in [6, 6.07) is 10.8. The Morgan fingerprint density at radius 2 is 1.82 bits per heavy atom. The van der Waals surface area contributed by atoms with Gasteiger partial charge < -0.3 is 19.1 Å². The van der Waals surface area contributed by atoms with Gasteiger partial charge in [-0.3, -0.25) is 4.79 Å². The number of nitrogens with zero attached hydrogens (tertiary/aromatic N) is 1. The van der Waals surface area contributed by atoms with E-state index in [1.807, 2.05) is 6.92 Å². The lowest BCUT2D eigenvalue weighted by Gasteiger charge is -2.48. The Balaban J connectivity index is 1.45. The Morgan fingerprint density at radius 3 is 2.45 bits per heavy atom. The molecule has 2 aromatic rings. The van der Waals surface area contributed by atoms with Crippen molar-refractivity contribution in [3.05, 3.63) is 65.2 Å². The maximum atomic E-state index is 14.2. The van der Waals surface area contributed by atoms with E-state index in [-0.39, 0.29) is 29.7 Å². The molecular weight excluding hydrogens is 428 g/mol. The van der Waals surface area contributed by atoms with Gasteiger partial charge in [0.2, 0.25) is 0 Å². The largest absolute Gasteiger partial charge is 0.491 e. The maximum absolute atomic E-state index is 14.2. The molecule has 2 heterocycles. The molecule has 2 aliphatic rings. The Hall–Kier alpha value is -2.51. The van der Waals surface area contributed by atoms with Gasteiger partial charge in [-0.25, -0.2) is 8.78 Å². The smallest absolute Gasteiger partial charge is 0.253 e. The normalized spacial score (nSPS) is 22.4. The number of likely N-dealkylation sites (tertiary alicyclic amines) is 1. The van der Waals surface area contributed by atoms with Crippen molar-refractivity contribution < 1.29 is 27.8 Å². The van der Waals surface area contributed by atoms with Crippen LogP contribution in [0.3, 0.4) is 0 Å². The first-order valence-electron chi connectivity index (χ1n) is 11.7. The van der Waals surface area contributed by atoms with Gasteiger partial charge in [0.15, 0.2) is 11.6 Å². The molecule has 0 saturated carbocycles. The van der Waals surface area contributed by atoms with Gasteiger partial charge in [0.05, 0.1) is 24.4 Å². The summed E-state index contributed by atoms with van der Waals surface area (Å²) in [6.07, 6.45) is 2.67. The van der Waals surface area contributed by atoms with E-state index in [9.17, 15) is 13.6 Å². The van der Waals surface area contributed by atoms with Crippen molar-refractivity contribution in [2.75, 3.05) is 26.3 Å². The average molecular weight is 460 g/mol. The van der Waals surface area contributed by atoms with E-state index in [2.05, 4.69) is 0 Å². The second kappa shape index (κ2) is 10.2. The third kappa shape index (κ3) is 5.36. The van der Waals surface area contributed by atoms with E-state index in [1.54, 1.807) is 30.0 Å². The minimum atomic E-state index is -0.534. The average Bonchev–Trinajstić information content (AvgIpc) is 2.81. The molecule has 2 atom stereocenters. The molecule has 2 aliphatic heterocycles. The third-order valence-corrected chi connectivity index (χ3v) is 6.55. The minimum Gasteiger partial charge on any atom is -0.491 e. The first-order valence-corrected chi connectivity index (χ1v) is 11.7. The summed E-state index contributed by atoms with van der Waals surface area (Å²) in [7, 11) is 0. The molecule has 2 aromatic carbocycles. The first-order chi connectivity index (χ1) is 15.9. The van der Waals surface area contributed by atoms with Crippen LogP contribution < -0.4 is 4.74 Å². The molecule has 0 N–H and O–H groups in total. The zero-order valence-corrected chi connectivity index (χ0v) is 19.2. The highest BCUT2D eigenvalue weighted by molar-refractivity contribution is 5.94. The summed E-state index contributed by atoms with van der Waals surface area (Å²) in [6.45, 7) is 5.77. The number of carbonyl (C=O) groups excluding carboxylic acids is 1. The van der Waals surface area contributed by atoms with Gasteiger partial charge >= 0.3 is 0 Å². The molecule has 33 heavy (non-hydrogen) atoms. The monoisotopic (exact) mass is 459 g/mol. The lowest BCUT2D eigenvalue weighted by Crippen LogP contribution is -2.52. The number of carbonyl (C=O) groups is 1. The quantitative estimate of drug-likeness (QED) is 0.589. The molecule has 0 bridgehead atoms. The number of piperidine rings is 1. The molecule has 7 heteroatoms. The van der Waals surface area contributed by atoms with E-state index in [0.717, 1.165) is 18.4 Å². The summed E-state index contributed by atoms with van der Waals surface area (Å²) in [4.78, 5) is 14.7. The lowest BCUT2D eigenvalue weighted by molar-refractivity contribution is -0.190. The van der Waals surface area contributed by atoms with Gasteiger partial charge in [-0.15, -0.1) is 0 Å². The van der Waals surface area contributed by atoms with Gasteiger partial charge in [0, 0.05) is 38.1 Å². The molecule has 1 amide bonds. The van der Waals surface area contributed by atoms with Gasteiger partial charge in [-0.2, -0.15) is 0 Å². The number of ether oxygens (including phenoxy) is 3.